The number of carbonyl (C=O) groups excluding carboxylic acids is 1. The lowest BCUT2D eigenvalue weighted by Crippen LogP contribution is -2.21. The first-order valence-corrected chi connectivity index (χ1v) is 12.2. The quantitative estimate of drug-likeness (QED) is 0.263. The van der Waals surface area contributed by atoms with Gasteiger partial charge >= 0.3 is 5.97 Å². The molecule has 0 radical (unpaired) electrons. The Balaban J connectivity index is 1.81. The van der Waals surface area contributed by atoms with E-state index in [0.717, 1.165) is 29.5 Å². The van der Waals surface area contributed by atoms with Crippen LogP contribution in [0.5, 0.6) is 11.5 Å². The van der Waals surface area contributed by atoms with Crippen LogP contribution in [0.3, 0.4) is 0 Å². The van der Waals surface area contributed by atoms with Gasteiger partial charge in [-0.25, -0.2) is 23.0 Å². The SMILES string of the molecule is COc1ccc(/C=N\NC(=O)c2cc(F)ccc2NS(=O)(=O)c2ccc(Cl)s2)c(OCC(=O)O)c1. The number of rotatable bonds is 10. The van der Waals surface area contributed by atoms with E-state index in [1.165, 1.54) is 37.6 Å². The standard InChI is InChI=1S/C21H17ClFN3O7S2/c1-32-14-4-2-12(17(9-14)33-11-19(27)28)10-24-25-21(29)15-8-13(23)3-5-16(15)26-35(30,31)20-7-6-18(22)34-20/h2-10,26H,11H2,1H3,(H,25,29)(H,27,28)/b24-10-. The van der Waals surface area contributed by atoms with Crippen molar-refractivity contribution in [2.45, 2.75) is 4.21 Å². The Morgan fingerprint density at radius 2 is 1.97 bits per heavy atom. The maximum Gasteiger partial charge on any atom is 0.341 e. The lowest BCUT2D eigenvalue weighted by molar-refractivity contribution is -0.139. The first-order valence-electron chi connectivity index (χ1n) is 9.53. The third kappa shape index (κ3) is 6.91. The minimum atomic E-state index is -4.08. The lowest BCUT2D eigenvalue weighted by Gasteiger charge is -2.11. The topological polar surface area (TPSA) is 143 Å². The number of halogens is 2. The van der Waals surface area contributed by atoms with Gasteiger partial charge in [-0.3, -0.25) is 9.52 Å². The van der Waals surface area contributed by atoms with Gasteiger partial charge in [0.15, 0.2) is 6.61 Å². The zero-order valence-corrected chi connectivity index (χ0v) is 20.2. The fraction of sp³-hybridized carbons (Fsp3) is 0.0952. The number of hydrogen-bond donors (Lipinski definition) is 3. The van der Waals surface area contributed by atoms with Gasteiger partial charge in [0, 0.05) is 11.6 Å². The van der Waals surface area contributed by atoms with Gasteiger partial charge in [-0.05, 0) is 42.5 Å². The average molecular weight is 542 g/mol. The fourth-order valence-corrected chi connectivity index (χ4v) is 5.23. The predicted octanol–water partition coefficient (Wildman–Crippen LogP) is 3.58. The number of carboxylic acids is 1. The molecule has 1 amide bonds. The van der Waals surface area contributed by atoms with E-state index in [9.17, 15) is 22.4 Å². The van der Waals surface area contributed by atoms with Gasteiger partial charge in [0.25, 0.3) is 15.9 Å². The van der Waals surface area contributed by atoms with Crippen LogP contribution in [0.15, 0.2) is 57.8 Å². The number of carboxylic acid groups (broad SMARTS) is 1. The van der Waals surface area contributed by atoms with Crippen LogP contribution in [-0.2, 0) is 14.8 Å². The summed E-state index contributed by atoms with van der Waals surface area (Å²) >= 11 is 6.61. The number of thiophene rings is 1. The summed E-state index contributed by atoms with van der Waals surface area (Å²) in [4.78, 5) is 23.5. The highest BCUT2D eigenvalue weighted by atomic mass is 35.5. The Labute approximate surface area is 208 Å². The normalized spacial score (nSPS) is 11.3. The molecule has 0 atom stereocenters. The summed E-state index contributed by atoms with van der Waals surface area (Å²) in [5, 5.41) is 12.6. The molecule has 3 rings (SSSR count). The van der Waals surface area contributed by atoms with Crippen LogP contribution in [-0.4, -0.2) is 45.3 Å². The summed E-state index contributed by atoms with van der Waals surface area (Å²) < 4.78 is 51.7. The Bertz CT molecular complexity index is 1390. The van der Waals surface area contributed by atoms with E-state index in [2.05, 4.69) is 15.2 Å². The molecule has 0 bridgehead atoms. The van der Waals surface area contributed by atoms with E-state index in [0.29, 0.717) is 11.3 Å². The molecule has 0 spiro atoms. The Morgan fingerprint density at radius 3 is 2.63 bits per heavy atom. The molecular formula is C21H17ClFN3O7S2. The van der Waals surface area contributed by atoms with Crippen molar-refractivity contribution in [2.24, 2.45) is 5.10 Å². The van der Waals surface area contributed by atoms with Gasteiger partial charge in [-0.2, -0.15) is 5.10 Å². The van der Waals surface area contributed by atoms with Crippen molar-refractivity contribution >= 4 is 56.7 Å². The molecule has 0 aliphatic rings. The summed E-state index contributed by atoms with van der Waals surface area (Å²) in [7, 11) is -2.66. The van der Waals surface area contributed by atoms with Gasteiger partial charge in [-0.1, -0.05) is 11.6 Å². The van der Waals surface area contributed by atoms with Crippen LogP contribution in [0.4, 0.5) is 10.1 Å². The van der Waals surface area contributed by atoms with Crippen LogP contribution < -0.4 is 19.6 Å². The molecule has 0 fully saturated rings. The van der Waals surface area contributed by atoms with Crippen LogP contribution in [0.2, 0.25) is 4.34 Å². The maximum atomic E-state index is 13.8. The molecular weight excluding hydrogens is 525 g/mol. The number of aliphatic carboxylic acids is 1. The number of amides is 1. The smallest absolute Gasteiger partial charge is 0.341 e. The van der Waals surface area contributed by atoms with E-state index in [4.69, 9.17) is 26.2 Å². The van der Waals surface area contributed by atoms with Gasteiger partial charge < -0.3 is 14.6 Å². The van der Waals surface area contributed by atoms with Crippen LogP contribution >= 0.6 is 22.9 Å². The summed E-state index contributed by atoms with van der Waals surface area (Å²) in [6, 6.07) is 10.1. The monoisotopic (exact) mass is 541 g/mol. The molecule has 10 nitrogen and oxygen atoms in total. The number of ether oxygens (including phenoxy) is 2. The third-order valence-corrected chi connectivity index (χ3v) is 7.31. The molecule has 1 heterocycles. The summed E-state index contributed by atoms with van der Waals surface area (Å²) in [5.41, 5.74) is 1.97. The van der Waals surface area contributed by atoms with Crippen molar-refractivity contribution in [3.05, 3.63) is 69.8 Å². The van der Waals surface area contributed by atoms with Crippen molar-refractivity contribution in [3.63, 3.8) is 0 Å². The number of benzene rings is 2. The second-order valence-corrected chi connectivity index (χ2v) is 10.3. The predicted molar refractivity (Wildman–Crippen MR) is 128 cm³/mol. The fourth-order valence-electron chi connectivity index (χ4n) is 2.66. The molecule has 35 heavy (non-hydrogen) atoms. The second-order valence-electron chi connectivity index (χ2n) is 6.64. The molecule has 3 aromatic rings. The number of sulfonamides is 1. The van der Waals surface area contributed by atoms with E-state index in [1.54, 1.807) is 6.07 Å². The number of nitrogens with zero attached hydrogens (tertiary/aromatic N) is 1. The average Bonchev–Trinajstić information content (AvgIpc) is 3.26. The maximum absolute atomic E-state index is 13.8. The number of hydrogen-bond acceptors (Lipinski definition) is 8. The molecule has 2 aromatic carbocycles. The molecule has 0 aliphatic carbocycles. The van der Waals surface area contributed by atoms with Crippen molar-refractivity contribution in [2.75, 3.05) is 18.4 Å². The number of nitrogens with one attached hydrogen (secondary N) is 2. The summed E-state index contributed by atoms with van der Waals surface area (Å²) in [5.74, 6) is -2.37. The first kappa shape index (κ1) is 25.9. The molecule has 0 saturated carbocycles. The van der Waals surface area contributed by atoms with Gasteiger partial charge in [0.05, 0.1) is 28.9 Å². The van der Waals surface area contributed by atoms with Crippen LogP contribution in [0, 0.1) is 5.82 Å². The summed E-state index contributed by atoms with van der Waals surface area (Å²) in [6.45, 7) is -0.622. The molecule has 14 heteroatoms. The highest BCUT2D eigenvalue weighted by molar-refractivity contribution is 7.94. The number of hydrazone groups is 1. The Morgan fingerprint density at radius 1 is 1.20 bits per heavy atom. The molecule has 0 saturated heterocycles. The van der Waals surface area contributed by atoms with Crippen LogP contribution in [0.1, 0.15) is 15.9 Å². The minimum absolute atomic E-state index is 0.0930. The molecule has 184 valence electrons. The van der Waals surface area contributed by atoms with Gasteiger partial charge in [-0.15, -0.1) is 11.3 Å². The van der Waals surface area contributed by atoms with Crippen molar-refractivity contribution in [1.82, 2.24) is 5.43 Å². The number of carbonyl (C=O) groups is 2. The number of anilines is 1. The van der Waals surface area contributed by atoms with E-state index >= 15 is 0 Å². The van der Waals surface area contributed by atoms with Crippen LogP contribution in [0.25, 0.3) is 0 Å². The van der Waals surface area contributed by atoms with Gasteiger partial charge in [0.1, 0.15) is 21.5 Å². The number of methoxy groups -OCH3 is 1. The Hall–Kier alpha value is -3.68. The van der Waals surface area contributed by atoms with Crippen molar-refractivity contribution in [3.8, 4) is 11.5 Å². The molecule has 1 aromatic heterocycles. The van der Waals surface area contributed by atoms with Gasteiger partial charge in [0.2, 0.25) is 0 Å². The van der Waals surface area contributed by atoms with E-state index < -0.39 is 34.3 Å². The second kappa shape index (κ2) is 11.2. The lowest BCUT2D eigenvalue weighted by atomic mass is 10.1. The Kier molecular flexibility index (Phi) is 8.27. The molecule has 0 aliphatic heterocycles. The minimum Gasteiger partial charge on any atom is -0.497 e. The highest BCUT2D eigenvalue weighted by Crippen LogP contribution is 2.28. The van der Waals surface area contributed by atoms with E-state index in [1.807, 2.05) is 0 Å². The largest absolute Gasteiger partial charge is 0.497 e. The highest BCUT2D eigenvalue weighted by Gasteiger charge is 2.21. The van der Waals surface area contributed by atoms with Crippen molar-refractivity contribution in [1.29, 1.82) is 0 Å². The van der Waals surface area contributed by atoms with Crippen molar-refractivity contribution < 1.29 is 37.0 Å². The zero-order valence-electron chi connectivity index (χ0n) is 17.8. The summed E-state index contributed by atoms with van der Waals surface area (Å²) in [6.07, 6.45) is 1.17. The molecule has 0 unspecified atom stereocenters. The first-order chi connectivity index (χ1) is 16.6. The molecule has 3 N–H and O–H groups in total. The zero-order chi connectivity index (χ0) is 25.6. The third-order valence-electron chi connectivity index (χ3n) is 4.23. The van der Waals surface area contributed by atoms with E-state index in [-0.39, 0.29) is 25.5 Å².